The van der Waals surface area contributed by atoms with Crippen LogP contribution >= 0.6 is 0 Å². The molecule has 0 radical (unpaired) electrons. The van der Waals surface area contributed by atoms with Gasteiger partial charge in [-0.3, -0.25) is 0 Å². The molecule has 2 aromatic rings. The summed E-state index contributed by atoms with van der Waals surface area (Å²) in [7, 11) is -7.16. The third-order valence-corrected chi connectivity index (χ3v) is 7.87. The van der Waals surface area contributed by atoms with E-state index in [1.165, 1.54) is 22.7 Å². The van der Waals surface area contributed by atoms with Crippen LogP contribution in [0.1, 0.15) is 12.7 Å². The predicted molar refractivity (Wildman–Crippen MR) is 91.5 cm³/mol. The second-order valence-corrected chi connectivity index (χ2v) is 9.95. The fourth-order valence-electron chi connectivity index (χ4n) is 2.56. The zero-order chi connectivity index (χ0) is 18.1. The molecule has 136 valence electrons. The summed E-state index contributed by atoms with van der Waals surface area (Å²) in [4.78, 5) is 0.123. The number of sulfonamides is 1. The highest BCUT2D eigenvalue weighted by atomic mass is 32.2. The van der Waals surface area contributed by atoms with Crippen molar-refractivity contribution in [3.8, 4) is 5.75 Å². The Morgan fingerprint density at radius 3 is 2.36 bits per heavy atom. The lowest BCUT2D eigenvalue weighted by Crippen LogP contribution is -2.56. The molecule has 1 aliphatic rings. The summed E-state index contributed by atoms with van der Waals surface area (Å²) in [6, 6.07) is 9.30. The van der Waals surface area contributed by atoms with Crippen LogP contribution in [-0.4, -0.2) is 46.1 Å². The molecular formula is C16H19NO6S2. The summed E-state index contributed by atoms with van der Waals surface area (Å²) >= 11 is 0. The van der Waals surface area contributed by atoms with Crippen molar-refractivity contribution in [2.45, 2.75) is 22.8 Å². The molecule has 25 heavy (non-hydrogen) atoms. The Balaban J connectivity index is 1.66. The van der Waals surface area contributed by atoms with Crippen LogP contribution in [-0.2, 0) is 25.6 Å². The van der Waals surface area contributed by atoms with E-state index in [1.54, 1.807) is 24.3 Å². The molecule has 0 amide bonds. The maximum atomic E-state index is 12.5. The summed E-state index contributed by atoms with van der Waals surface area (Å²) in [6.07, 6.45) is 1.41. The van der Waals surface area contributed by atoms with Gasteiger partial charge in [0.25, 0.3) is 0 Å². The lowest BCUT2D eigenvalue weighted by atomic mass is 10.3. The van der Waals surface area contributed by atoms with E-state index >= 15 is 0 Å². The molecule has 1 fully saturated rings. The van der Waals surface area contributed by atoms with Gasteiger partial charge in [-0.15, -0.1) is 0 Å². The van der Waals surface area contributed by atoms with Crippen LogP contribution in [0.25, 0.3) is 0 Å². The fraction of sp³-hybridized carbons (Fsp3) is 0.375. The topological polar surface area (TPSA) is 93.9 Å². The summed E-state index contributed by atoms with van der Waals surface area (Å²) < 4.78 is 61.2. The van der Waals surface area contributed by atoms with E-state index in [2.05, 4.69) is 0 Å². The lowest BCUT2D eigenvalue weighted by Gasteiger charge is -2.37. The number of hydrogen-bond donors (Lipinski definition) is 0. The first kappa shape index (κ1) is 18.0. The maximum Gasteiger partial charge on any atom is 0.243 e. The van der Waals surface area contributed by atoms with E-state index < -0.39 is 25.1 Å². The molecule has 2 heterocycles. The number of furan rings is 1. The Labute approximate surface area is 147 Å². The highest BCUT2D eigenvalue weighted by Gasteiger charge is 2.43. The van der Waals surface area contributed by atoms with Crippen molar-refractivity contribution in [2.24, 2.45) is 0 Å². The van der Waals surface area contributed by atoms with Gasteiger partial charge in [-0.2, -0.15) is 4.31 Å². The Bertz CT molecular complexity index is 912. The van der Waals surface area contributed by atoms with Crippen LogP contribution in [0.15, 0.2) is 52.0 Å². The quantitative estimate of drug-likeness (QED) is 0.720. The van der Waals surface area contributed by atoms with E-state index in [4.69, 9.17) is 9.15 Å². The van der Waals surface area contributed by atoms with Crippen molar-refractivity contribution in [1.82, 2.24) is 4.31 Å². The van der Waals surface area contributed by atoms with Crippen molar-refractivity contribution in [3.63, 3.8) is 0 Å². The van der Waals surface area contributed by atoms with Gasteiger partial charge in [-0.25, -0.2) is 16.8 Å². The smallest absolute Gasteiger partial charge is 0.243 e. The van der Waals surface area contributed by atoms with Crippen molar-refractivity contribution in [1.29, 1.82) is 0 Å². The highest BCUT2D eigenvalue weighted by molar-refractivity contribution is 7.92. The van der Waals surface area contributed by atoms with Crippen LogP contribution in [0.3, 0.4) is 0 Å². The molecule has 0 N–H and O–H groups in total. The minimum Gasteiger partial charge on any atom is -0.494 e. The normalized spacial score (nSPS) is 16.5. The minimum atomic E-state index is -3.70. The van der Waals surface area contributed by atoms with Crippen molar-refractivity contribution in [2.75, 3.05) is 19.7 Å². The summed E-state index contributed by atoms with van der Waals surface area (Å²) in [6.45, 7) is 2.25. The summed E-state index contributed by atoms with van der Waals surface area (Å²) in [5.41, 5.74) is 0. The lowest BCUT2D eigenvalue weighted by molar-refractivity contribution is 0.309. The van der Waals surface area contributed by atoms with Crippen LogP contribution < -0.4 is 4.74 Å². The first-order valence-corrected chi connectivity index (χ1v) is 11.0. The Morgan fingerprint density at radius 1 is 1.12 bits per heavy atom. The fourth-order valence-corrected chi connectivity index (χ4v) is 5.89. The molecular weight excluding hydrogens is 366 g/mol. The monoisotopic (exact) mass is 385 g/mol. The van der Waals surface area contributed by atoms with E-state index in [0.717, 1.165) is 0 Å². The van der Waals surface area contributed by atoms with Gasteiger partial charge in [0, 0.05) is 13.1 Å². The van der Waals surface area contributed by atoms with E-state index in [-0.39, 0.29) is 23.7 Å². The van der Waals surface area contributed by atoms with Gasteiger partial charge in [0.2, 0.25) is 10.0 Å². The van der Waals surface area contributed by atoms with Gasteiger partial charge in [0.15, 0.2) is 9.84 Å². The summed E-state index contributed by atoms with van der Waals surface area (Å²) in [5.74, 6) is 0.721. The summed E-state index contributed by atoms with van der Waals surface area (Å²) in [5, 5.41) is -0.713. The average molecular weight is 385 g/mol. The molecule has 9 heteroatoms. The molecule has 0 unspecified atom stereocenters. The maximum absolute atomic E-state index is 12.5. The van der Waals surface area contributed by atoms with Gasteiger partial charge < -0.3 is 9.15 Å². The van der Waals surface area contributed by atoms with E-state index in [0.29, 0.717) is 18.1 Å². The number of hydrogen-bond acceptors (Lipinski definition) is 6. The molecule has 1 aromatic carbocycles. The third kappa shape index (κ3) is 3.73. The zero-order valence-corrected chi connectivity index (χ0v) is 15.3. The zero-order valence-electron chi connectivity index (χ0n) is 13.7. The number of nitrogens with zero attached hydrogens (tertiary/aromatic N) is 1. The van der Waals surface area contributed by atoms with Gasteiger partial charge in [-0.05, 0) is 43.3 Å². The second-order valence-electron chi connectivity index (χ2n) is 5.74. The highest BCUT2D eigenvalue weighted by Crippen LogP contribution is 2.28. The molecule has 0 spiro atoms. The van der Waals surface area contributed by atoms with Gasteiger partial charge in [0.05, 0.1) is 23.0 Å². The van der Waals surface area contributed by atoms with Crippen LogP contribution in [0.5, 0.6) is 5.75 Å². The molecule has 0 saturated carbocycles. The number of ether oxygens (including phenoxy) is 1. The third-order valence-electron chi connectivity index (χ3n) is 4.02. The van der Waals surface area contributed by atoms with Gasteiger partial charge >= 0.3 is 0 Å². The van der Waals surface area contributed by atoms with Crippen LogP contribution in [0.2, 0.25) is 0 Å². The SMILES string of the molecule is CCOc1ccc(S(=O)(=O)N2CC(S(=O)(=O)Cc3ccco3)C2)cc1. The Hall–Kier alpha value is -1.84. The minimum absolute atomic E-state index is 0.0431. The molecule has 0 atom stereocenters. The molecule has 0 aliphatic carbocycles. The van der Waals surface area contributed by atoms with Gasteiger partial charge in [-0.1, -0.05) is 0 Å². The molecule has 1 saturated heterocycles. The standard InChI is InChI=1S/C16H19NO6S2/c1-2-22-13-5-7-15(8-6-13)25(20,21)17-10-16(11-17)24(18,19)12-14-4-3-9-23-14/h3-9,16H,2,10-12H2,1H3. The molecule has 1 aliphatic heterocycles. The molecule has 3 rings (SSSR count). The van der Waals surface area contributed by atoms with Crippen LogP contribution in [0, 0.1) is 0 Å². The first-order chi connectivity index (χ1) is 11.8. The Morgan fingerprint density at radius 2 is 1.80 bits per heavy atom. The molecule has 0 bridgehead atoms. The van der Waals surface area contributed by atoms with Gasteiger partial charge in [0.1, 0.15) is 17.3 Å². The molecule has 1 aromatic heterocycles. The number of benzene rings is 1. The Kier molecular flexibility index (Phi) is 4.90. The van der Waals surface area contributed by atoms with Crippen molar-refractivity contribution in [3.05, 3.63) is 48.4 Å². The van der Waals surface area contributed by atoms with Crippen molar-refractivity contribution >= 4 is 19.9 Å². The van der Waals surface area contributed by atoms with E-state index in [9.17, 15) is 16.8 Å². The number of sulfone groups is 1. The average Bonchev–Trinajstić information content (AvgIpc) is 2.98. The largest absolute Gasteiger partial charge is 0.494 e. The van der Waals surface area contributed by atoms with E-state index in [1.807, 2.05) is 6.92 Å². The predicted octanol–water partition coefficient (Wildman–Crippen LogP) is 1.67. The first-order valence-electron chi connectivity index (χ1n) is 7.80. The number of rotatable bonds is 7. The molecule has 7 nitrogen and oxygen atoms in total. The second kappa shape index (κ2) is 6.81. The van der Waals surface area contributed by atoms with Crippen LogP contribution in [0.4, 0.5) is 0 Å². The van der Waals surface area contributed by atoms with Crippen molar-refractivity contribution < 1.29 is 26.0 Å².